The van der Waals surface area contributed by atoms with Gasteiger partial charge >= 0.3 is 5.69 Å². The van der Waals surface area contributed by atoms with E-state index in [0.717, 1.165) is 42.2 Å². The van der Waals surface area contributed by atoms with Gasteiger partial charge in [0.05, 0.1) is 17.3 Å². The van der Waals surface area contributed by atoms with Gasteiger partial charge in [-0.25, -0.2) is 18.2 Å². The molecule has 3 rings (SSSR count). The molecule has 166 valence electrons. The first-order valence-electron chi connectivity index (χ1n) is 9.97. The summed E-state index contributed by atoms with van der Waals surface area (Å²) in [6.45, 7) is 4.46. The number of carbonyl (C=O) groups is 1. The number of carbonyl (C=O) groups excluding carboxylic acids is 1. The minimum Gasteiger partial charge on any atom is -0.322 e. The maximum atomic E-state index is 12.3. The van der Waals surface area contributed by atoms with E-state index in [1.54, 1.807) is 0 Å². The average Bonchev–Trinajstić information content (AvgIpc) is 2.64. The molecule has 2 aliphatic heterocycles. The summed E-state index contributed by atoms with van der Waals surface area (Å²) in [4.78, 5) is 46.2. The van der Waals surface area contributed by atoms with Crippen LogP contribution in [-0.4, -0.2) is 40.1 Å². The van der Waals surface area contributed by atoms with E-state index < -0.39 is 27.2 Å². The third kappa shape index (κ3) is 5.54. The van der Waals surface area contributed by atoms with Gasteiger partial charge in [0, 0.05) is 13.0 Å². The van der Waals surface area contributed by atoms with Gasteiger partial charge in [0.25, 0.3) is 5.56 Å². The Labute approximate surface area is 179 Å². The fourth-order valence-electron chi connectivity index (χ4n) is 3.44. The van der Waals surface area contributed by atoms with Crippen molar-refractivity contribution in [2.45, 2.75) is 52.5 Å². The highest BCUT2D eigenvalue weighted by Crippen LogP contribution is 2.24. The van der Waals surface area contributed by atoms with Crippen molar-refractivity contribution < 1.29 is 13.2 Å². The Morgan fingerprint density at radius 3 is 2.45 bits per heavy atom. The highest BCUT2D eigenvalue weighted by Gasteiger charge is 2.19. The van der Waals surface area contributed by atoms with E-state index in [0.29, 0.717) is 18.5 Å². The molecule has 2 aliphatic rings. The van der Waals surface area contributed by atoms with Crippen LogP contribution in [0, 0.1) is 13.8 Å². The molecular formula is C20H25N5O5S. The van der Waals surface area contributed by atoms with Crippen molar-refractivity contribution in [3.05, 3.63) is 44.1 Å². The summed E-state index contributed by atoms with van der Waals surface area (Å²) in [5, 5.41) is 0. The lowest BCUT2D eigenvalue weighted by atomic mass is 10.1. The predicted molar refractivity (Wildman–Crippen MR) is 117 cm³/mol. The maximum Gasteiger partial charge on any atom is 0.349 e. The fraction of sp³-hybridized carbons (Fsp3) is 0.450. The molecule has 0 saturated carbocycles. The Hall–Kier alpha value is -3.08. The number of aromatic nitrogens is 4. The molecule has 0 fully saturated rings. The van der Waals surface area contributed by atoms with Gasteiger partial charge in [0.2, 0.25) is 15.9 Å². The Morgan fingerprint density at radius 1 is 1.06 bits per heavy atom. The topological polar surface area (TPSA) is 144 Å². The first kappa shape index (κ1) is 22.6. The number of nitrogens with one attached hydrogen (secondary N) is 2. The third-order valence-corrected chi connectivity index (χ3v) is 5.66. The number of H-pyrrole nitrogens is 1. The van der Waals surface area contributed by atoms with Crippen LogP contribution in [0.4, 0.5) is 0 Å². The third-order valence-electron chi connectivity index (χ3n) is 5.06. The number of unbranched alkanes of at least 4 members (excludes halogenated alkanes) is 3. The van der Waals surface area contributed by atoms with Crippen molar-refractivity contribution in [3.63, 3.8) is 0 Å². The molecule has 0 bridgehead atoms. The fourth-order valence-corrected chi connectivity index (χ4v) is 3.96. The van der Waals surface area contributed by atoms with Crippen LogP contribution in [0.5, 0.6) is 0 Å². The molecule has 1 amide bonds. The average molecular weight is 448 g/mol. The highest BCUT2D eigenvalue weighted by molar-refractivity contribution is 7.89. The number of benzene rings is 1. The van der Waals surface area contributed by atoms with Crippen LogP contribution in [0.3, 0.4) is 0 Å². The molecule has 11 heteroatoms. The first-order chi connectivity index (χ1) is 14.5. The lowest BCUT2D eigenvalue weighted by molar-refractivity contribution is -0.119. The van der Waals surface area contributed by atoms with Crippen LogP contribution in [0.2, 0.25) is 0 Å². The Morgan fingerprint density at radius 2 is 1.74 bits per heavy atom. The molecule has 1 aromatic rings. The predicted octanol–water partition coefficient (Wildman–Crippen LogP) is 1.23. The monoisotopic (exact) mass is 447 g/mol. The van der Waals surface area contributed by atoms with Crippen LogP contribution in [0.25, 0.3) is 22.6 Å². The van der Waals surface area contributed by atoms with Crippen molar-refractivity contribution in [1.82, 2.24) is 24.2 Å². The molecular weight excluding hydrogens is 422 g/mol. The summed E-state index contributed by atoms with van der Waals surface area (Å²) >= 11 is 0. The van der Waals surface area contributed by atoms with Gasteiger partial charge in [-0.05, 0) is 49.9 Å². The zero-order chi connectivity index (χ0) is 22.8. The van der Waals surface area contributed by atoms with Crippen molar-refractivity contribution in [2.24, 2.45) is 0 Å². The van der Waals surface area contributed by atoms with E-state index >= 15 is 0 Å². The molecule has 0 radical (unpaired) electrons. The first-order valence-corrected chi connectivity index (χ1v) is 11.9. The smallest absolute Gasteiger partial charge is 0.322 e. The number of fused-ring (bicyclic) bond motifs is 2. The molecule has 1 aromatic carbocycles. The van der Waals surface area contributed by atoms with Crippen molar-refractivity contribution in [3.8, 4) is 11.5 Å². The van der Waals surface area contributed by atoms with Crippen molar-refractivity contribution in [1.29, 1.82) is 0 Å². The highest BCUT2D eigenvalue weighted by atomic mass is 32.2. The summed E-state index contributed by atoms with van der Waals surface area (Å²) < 4.78 is 25.9. The SMILES string of the molecule is Cc1cc2nc3c(=O)[nH]c(=O)nc-3n(CCCCCCC(=O)NS(C)(=O)=O)c2cc1C. The molecule has 0 unspecified atom stereocenters. The van der Waals surface area contributed by atoms with Crippen molar-refractivity contribution in [2.75, 3.05) is 6.26 Å². The summed E-state index contributed by atoms with van der Waals surface area (Å²) in [6.07, 6.45) is 3.88. The summed E-state index contributed by atoms with van der Waals surface area (Å²) in [5.74, 6) is -0.266. The number of hydrogen-bond acceptors (Lipinski definition) is 7. The number of hydrogen-bond donors (Lipinski definition) is 2. The van der Waals surface area contributed by atoms with E-state index in [9.17, 15) is 22.8 Å². The molecule has 0 atom stereocenters. The van der Waals surface area contributed by atoms with Gasteiger partial charge < -0.3 is 4.57 Å². The second-order valence-electron chi connectivity index (χ2n) is 7.69. The summed E-state index contributed by atoms with van der Waals surface area (Å²) in [5.41, 5.74) is 2.39. The lowest BCUT2D eigenvalue weighted by Gasteiger charge is -2.17. The second-order valence-corrected chi connectivity index (χ2v) is 9.44. The molecule has 10 nitrogen and oxygen atoms in total. The zero-order valence-electron chi connectivity index (χ0n) is 17.7. The van der Waals surface area contributed by atoms with Crippen LogP contribution in [0.15, 0.2) is 21.7 Å². The standard InChI is InChI=1S/C20H25N5O5S/c1-12-10-14-15(11-13(12)2)25(18-17(21-14)19(27)23-20(28)22-18)9-7-5-4-6-8-16(26)24-31(3,29)30/h10-11H,4-9H2,1-3H3,(H,24,26)(H,23,27,28). The minimum atomic E-state index is -3.53. The maximum absolute atomic E-state index is 12.3. The number of nitrogens with zero attached hydrogens (tertiary/aromatic N) is 3. The van der Waals surface area contributed by atoms with Crippen LogP contribution >= 0.6 is 0 Å². The van der Waals surface area contributed by atoms with E-state index in [2.05, 4.69) is 15.0 Å². The molecule has 2 heterocycles. The molecule has 0 spiro atoms. The molecule has 0 aliphatic carbocycles. The number of aryl methyl sites for hydroxylation is 3. The zero-order valence-corrected chi connectivity index (χ0v) is 18.5. The molecule has 2 N–H and O–H groups in total. The minimum absolute atomic E-state index is 0.118. The Kier molecular flexibility index (Phi) is 6.54. The molecule has 0 aromatic heterocycles. The van der Waals surface area contributed by atoms with Gasteiger partial charge in [0.15, 0.2) is 11.5 Å². The second kappa shape index (κ2) is 8.96. The van der Waals surface area contributed by atoms with E-state index in [1.165, 1.54) is 0 Å². The number of aromatic amines is 1. The normalized spacial score (nSPS) is 11.8. The van der Waals surface area contributed by atoms with Crippen LogP contribution in [-0.2, 0) is 21.4 Å². The van der Waals surface area contributed by atoms with Gasteiger partial charge in [-0.15, -0.1) is 0 Å². The molecule has 31 heavy (non-hydrogen) atoms. The largest absolute Gasteiger partial charge is 0.349 e. The molecule has 0 saturated heterocycles. The van der Waals surface area contributed by atoms with Gasteiger partial charge in [0.1, 0.15) is 0 Å². The van der Waals surface area contributed by atoms with Gasteiger partial charge in [-0.3, -0.25) is 19.3 Å². The van der Waals surface area contributed by atoms with E-state index in [4.69, 9.17) is 0 Å². The number of amides is 1. The Bertz CT molecular complexity index is 1330. The lowest BCUT2D eigenvalue weighted by Crippen LogP contribution is -2.29. The van der Waals surface area contributed by atoms with E-state index in [1.807, 2.05) is 35.3 Å². The van der Waals surface area contributed by atoms with Crippen molar-refractivity contribution >= 4 is 27.0 Å². The number of rotatable bonds is 8. The van der Waals surface area contributed by atoms with Crippen LogP contribution < -0.4 is 16.0 Å². The van der Waals surface area contributed by atoms with Gasteiger partial charge in [-0.1, -0.05) is 12.8 Å². The quantitative estimate of drug-likeness (QED) is 0.390. The summed E-state index contributed by atoms with van der Waals surface area (Å²) in [6, 6.07) is 3.88. The van der Waals surface area contributed by atoms with Gasteiger partial charge in [-0.2, -0.15) is 4.98 Å². The van der Waals surface area contributed by atoms with Crippen LogP contribution in [0.1, 0.15) is 43.2 Å². The Balaban J connectivity index is 1.77. The number of sulfonamides is 1. The summed E-state index contributed by atoms with van der Waals surface area (Å²) in [7, 11) is -3.53. The van der Waals surface area contributed by atoms with E-state index in [-0.39, 0.29) is 17.9 Å².